The van der Waals surface area contributed by atoms with Crippen molar-refractivity contribution in [2.24, 2.45) is 0 Å². The Morgan fingerprint density at radius 2 is 0.887 bits per heavy atom. The summed E-state index contributed by atoms with van der Waals surface area (Å²) in [6, 6.07) is 85.4. The fourth-order valence-corrected chi connectivity index (χ4v) is 9.43. The Hall–Kier alpha value is -8.20. The number of fused-ring (bicyclic) bond motifs is 7. The highest BCUT2D eigenvalue weighted by atomic mass is 16.3. The predicted octanol–water partition coefficient (Wildman–Crippen LogP) is 17.2. The summed E-state index contributed by atoms with van der Waals surface area (Å²) in [5.74, 6) is 0. The summed E-state index contributed by atoms with van der Waals surface area (Å²) in [7, 11) is 0. The molecule has 0 N–H and O–H groups in total. The summed E-state index contributed by atoms with van der Waals surface area (Å²) in [6.07, 6.45) is 0. The van der Waals surface area contributed by atoms with Gasteiger partial charge in [0.05, 0.1) is 11.1 Å². The molecule has 0 atom stereocenters. The van der Waals surface area contributed by atoms with E-state index in [0.29, 0.717) is 0 Å². The minimum Gasteiger partial charge on any atom is -0.455 e. The first-order valence-electron chi connectivity index (χ1n) is 21.2. The lowest BCUT2D eigenvalue weighted by Gasteiger charge is -2.27. The van der Waals surface area contributed by atoms with Crippen LogP contribution in [0.4, 0.5) is 17.1 Å². The summed E-state index contributed by atoms with van der Waals surface area (Å²) < 4.78 is 6.89. The molecule has 2 heteroatoms. The number of rotatable bonds is 7. The van der Waals surface area contributed by atoms with Crippen molar-refractivity contribution < 1.29 is 4.42 Å². The largest absolute Gasteiger partial charge is 0.455 e. The molecule has 0 radical (unpaired) electrons. The lowest BCUT2D eigenvalue weighted by atomic mass is 9.93. The third-order valence-electron chi connectivity index (χ3n) is 12.4. The maximum absolute atomic E-state index is 6.89. The molecule has 2 nitrogen and oxygen atoms in total. The van der Waals surface area contributed by atoms with Gasteiger partial charge in [-0.25, -0.2) is 0 Å². The van der Waals surface area contributed by atoms with Crippen molar-refractivity contribution in [3.05, 3.63) is 237 Å². The molecule has 290 valence electrons. The van der Waals surface area contributed by atoms with Crippen LogP contribution in [-0.4, -0.2) is 0 Å². The van der Waals surface area contributed by atoms with Crippen molar-refractivity contribution in [3.63, 3.8) is 0 Å². The van der Waals surface area contributed by atoms with Gasteiger partial charge in [0.2, 0.25) is 0 Å². The number of hydrogen-bond donors (Lipinski definition) is 0. The molecule has 12 rings (SSSR count). The number of anilines is 3. The molecule has 11 aromatic carbocycles. The normalized spacial score (nSPS) is 11.5. The van der Waals surface area contributed by atoms with Crippen LogP contribution in [-0.2, 0) is 0 Å². The Kier molecular flexibility index (Phi) is 8.53. The first-order chi connectivity index (χ1) is 30.7. The summed E-state index contributed by atoms with van der Waals surface area (Å²) in [5, 5.41) is 9.56. The first kappa shape index (κ1) is 35.7. The second kappa shape index (κ2) is 14.8. The predicted molar refractivity (Wildman–Crippen MR) is 263 cm³/mol. The third kappa shape index (κ3) is 6.12. The molecule has 0 aliphatic heterocycles. The Morgan fingerprint density at radius 3 is 1.71 bits per heavy atom. The molecule has 0 bridgehead atoms. The van der Waals surface area contributed by atoms with Crippen LogP contribution in [0, 0.1) is 0 Å². The highest BCUT2D eigenvalue weighted by molar-refractivity contribution is 6.18. The lowest BCUT2D eigenvalue weighted by Crippen LogP contribution is -2.10. The number of nitrogens with zero attached hydrogens (tertiary/aromatic N) is 1. The molecule has 0 aliphatic rings. The molecule has 1 aromatic heterocycles. The summed E-state index contributed by atoms with van der Waals surface area (Å²) in [5.41, 5.74) is 14.2. The van der Waals surface area contributed by atoms with E-state index in [1.165, 1.54) is 54.6 Å². The van der Waals surface area contributed by atoms with Crippen LogP contribution in [0.25, 0.3) is 98.8 Å². The van der Waals surface area contributed by atoms with Gasteiger partial charge in [-0.1, -0.05) is 176 Å². The molecule has 0 fully saturated rings. The van der Waals surface area contributed by atoms with E-state index in [1.54, 1.807) is 0 Å². The highest BCUT2D eigenvalue weighted by Crippen LogP contribution is 2.47. The van der Waals surface area contributed by atoms with Gasteiger partial charge >= 0.3 is 0 Å². The number of hydrogen-bond acceptors (Lipinski definition) is 2. The Bertz CT molecular complexity index is 3640. The average molecular weight is 790 g/mol. The SMILES string of the molecule is c1ccc(-c2cccc(-c3ccc(N(c4cccc(-c5cc6ccccc6c6ccccc56)c4)c4ccc(-c5ccc6ccccc6c5)c5oc6ccccc6c45)cc3)c2)cc1. The average Bonchev–Trinajstić information content (AvgIpc) is 3.74. The Morgan fingerprint density at radius 1 is 0.290 bits per heavy atom. The van der Waals surface area contributed by atoms with E-state index in [9.17, 15) is 0 Å². The zero-order valence-corrected chi connectivity index (χ0v) is 33.9. The molecule has 0 spiro atoms. The quantitative estimate of drug-likeness (QED) is 0.150. The monoisotopic (exact) mass is 789 g/mol. The fraction of sp³-hybridized carbons (Fsp3) is 0. The van der Waals surface area contributed by atoms with Crippen molar-refractivity contribution in [2.75, 3.05) is 4.90 Å². The van der Waals surface area contributed by atoms with Crippen LogP contribution in [0.3, 0.4) is 0 Å². The van der Waals surface area contributed by atoms with Gasteiger partial charge in [-0.15, -0.1) is 0 Å². The zero-order chi connectivity index (χ0) is 41.0. The van der Waals surface area contributed by atoms with E-state index < -0.39 is 0 Å². The summed E-state index contributed by atoms with van der Waals surface area (Å²) in [4.78, 5) is 2.41. The smallest absolute Gasteiger partial charge is 0.145 e. The summed E-state index contributed by atoms with van der Waals surface area (Å²) in [6.45, 7) is 0. The second-order valence-electron chi connectivity index (χ2n) is 16.1. The number of benzene rings is 11. The van der Waals surface area contributed by atoms with Crippen LogP contribution in [0.15, 0.2) is 241 Å². The molecule has 1 heterocycles. The number of para-hydroxylation sites is 1. The Labute approximate surface area is 360 Å². The van der Waals surface area contributed by atoms with Gasteiger partial charge in [-0.2, -0.15) is 0 Å². The van der Waals surface area contributed by atoms with Gasteiger partial charge in [0.15, 0.2) is 0 Å². The van der Waals surface area contributed by atoms with Crippen LogP contribution in [0.2, 0.25) is 0 Å². The van der Waals surface area contributed by atoms with Crippen molar-refractivity contribution >= 4 is 71.3 Å². The molecular weight excluding hydrogens is 751 g/mol. The van der Waals surface area contributed by atoms with Gasteiger partial charge < -0.3 is 9.32 Å². The lowest BCUT2D eigenvalue weighted by molar-refractivity contribution is 0.670. The second-order valence-corrected chi connectivity index (χ2v) is 16.1. The standard InChI is InChI=1S/C60H39NO/c1-2-14-40(15-3-1)44-19-12-20-45(36-44)42-30-32-49(33-31-42)61(50-22-13-21-46(38-50)56-39-47-18-6-7-23-51(47)53-24-8-9-25-54(53)56)57-35-34-52(48-29-28-41-16-4-5-17-43(41)37-48)60-59(57)55-26-10-11-27-58(55)62-60/h1-39H. The molecule has 0 amide bonds. The molecular formula is C60H39NO. The topological polar surface area (TPSA) is 16.4 Å². The minimum absolute atomic E-state index is 0.863. The van der Waals surface area contributed by atoms with E-state index in [0.717, 1.165) is 61.3 Å². The van der Waals surface area contributed by atoms with E-state index in [-0.39, 0.29) is 0 Å². The molecule has 12 aromatic rings. The molecule has 62 heavy (non-hydrogen) atoms. The molecule has 0 unspecified atom stereocenters. The highest BCUT2D eigenvalue weighted by Gasteiger charge is 2.23. The van der Waals surface area contributed by atoms with Crippen LogP contribution >= 0.6 is 0 Å². The van der Waals surface area contributed by atoms with Gasteiger partial charge in [0.1, 0.15) is 11.2 Å². The maximum atomic E-state index is 6.89. The molecule has 0 saturated heterocycles. The van der Waals surface area contributed by atoms with Gasteiger partial charge in [-0.3, -0.25) is 0 Å². The fourth-order valence-electron chi connectivity index (χ4n) is 9.43. The van der Waals surface area contributed by atoms with Crippen LogP contribution in [0.1, 0.15) is 0 Å². The van der Waals surface area contributed by atoms with Crippen molar-refractivity contribution in [3.8, 4) is 44.5 Å². The van der Waals surface area contributed by atoms with Gasteiger partial charge in [-0.05, 0) is 132 Å². The van der Waals surface area contributed by atoms with E-state index in [1.807, 2.05) is 0 Å². The first-order valence-corrected chi connectivity index (χ1v) is 21.2. The van der Waals surface area contributed by atoms with Crippen LogP contribution in [0.5, 0.6) is 0 Å². The molecule has 0 aliphatic carbocycles. The van der Waals surface area contributed by atoms with Crippen LogP contribution < -0.4 is 4.90 Å². The van der Waals surface area contributed by atoms with Gasteiger partial charge in [0.25, 0.3) is 0 Å². The van der Waals surface area contributed by atoms with E-state index >= 15 is 0 Å². The van der Waals surface area contributed by atoms with Crippen molar-refractivity contribution in [1.82, 2.24) is 0 Å². The molecule has 0 saturated carbocycles. The number of furan rings is 1. The van der Waals surface area contributed by atoms with E-state index in [4.69, 9.17) is 4.42 Å². The van der Waals surface area contributed by atoms with Gasteiger partial charge in [0, 0.05) is 22.3 Å². The van der Waals surface area contributed by atoms with E-state index in [2.05, 4.69) is 241 Å². The third-order valence-corrected chi connectivity index (χ3v) is 12.4. The zero-order valence-electron chi connectivity index (χ0n) is 33.9. The van der Waals surface area contributed by atoms with Crippen molar-refractivity contribution in [1.29, 1.82) is 0 Å². The minimum atomic E-state index is 0.863. The summed E-state index contributed by atoms with van der Waals surface area (Å²) >= 11 is 0. The Balaban J connectivity index is 1.07. The van der Waals surface area contributed by atoms with Crippen molar-refractivity contribution in [2.45, 2.75) is 0 Å². The maximum Gasteiger partial charge on any atom is 0.145 e.